The van der Waals surface area contributed by atoms with Gasteiger partial charge in [0.25, 0.3) is 0 Å². The monoisotopic (exact) mass is 525 g/mol. The Balaban J connectivity index is 1.74. The van der Waals surface area contributed by atoms with E-state index < -0.39 is 72.0 Å². The van der Waals surface area contributed by atoms with Gasteiger partial charge in [0.05, 0.1) is 13.1 Å². The van der Waals surface area contributed by atoms with Gasteiger partial charge in [0.1, 0.15) is 17.1 Å². The van der Waals surface area contributed by atoms with E-state index in [1.807, 2.05) is 0 Å². The zero-order valence-electron chi connectivity index (χ0n) is 17.4. The number of hydrogen-bond donors (Lipinski definition) is 2. The number of aliphatic hydroxyl groups is 1. The first kappa shape index (κ1) is 25.3. The van der Waals surface area contributed by atoms with Crippen LogP contribution >= 0.6 is 0 Å². The summed E-state index contributed by atoms with van der Waals surface area (Å²) in [5, 5.41) is 12.1. The van der Waals surface area contributed by atoms with Crippen LogP contribution in [0.4, 0.5) is 57.1 Å². The highest BCUT2D eigenvalue weighted by molar-refractivity contribution is 5.60. The first-order chi connectivity index (χ1) is 16.5. The number of rotatable bonds is 4. The average molecular weight is 525 g/mol. The van der Waals surface area contributed by atoms with Crippen molar-refractivity contribution in [1.82, 2.24) is 24.9 Å². The molecule has 0 aliphatic carbocycles. The normalized spacial score (nSPS) is 16.0. The topological polar surface area (TPSA) is 100.0 Å². The van der Waals surface area contributed by atoms with Crippen LogP contribution in [-0.4, -0.2) is 54.9 Å². The molecule has 0 atom stereocenters. The summed E-state index contributed by atoms with van der Waals surface area (Å²) in [6.07, 6.45) is -13.8. The Bertz CT molecular complexity index is 1270. The van der Waals surface area contributed by atoms with E-state index in [-0.39, 0.29) is 5.69 Å². The van der Waals surface area contributed by atoms with E-state index in [9.17, 15) is 44.6 Å². The van der Waals surface area contributed by atoms with Crippen LogP contribution in [0, 0.1) is 0 Å². The number of β-amino-alcohol motifs (C(OH)–C–C–N with tert-alkyl or cyclic N) is 1. The van der Waals surface area contributed by atoms with Crippen molar-refractivity contribution < 1.29 is 44.6 Å². The summed E-state index contributed by atoms with van der Waals surface area (Å²) in [7, 11) is 0. The van der Waals surface area contributed by atoms with E-state index in [1.165, 1.54) is 0 Å². The summed E-state index contributed by atoms with van der Waals surface area (Å²) in [6.45, 7) is -1.99. The molecule has 0 amide bonds. The van der Waals surface area contributed by atoms with Gasteiger partial charge in [0.15, 0.2) is 11.4 Å². The maximum absolute atomic E-state index is 13.1. The zero-order chi connectivity index (χ0) is 26.5. The third-order valence-corrected chi connectivity index (χ3v) is 4.91. The molecule has 0 aromatic carbocycles. The van der Waals surface area contributed by atoms with Crippen molar-refractivity contribution in [2.24, 2.45) is 0 Å². The fraction of sp³-hybridized carbons (Fsp3) is 0.316. The minimum atomic E-state index is -4.98. The summed E-state index contributed by atoms with van der Waals surface area (Å²) in [6, 6.07) is 4.45. The zero-order valence-corrected chi connectivity index (χ0v) is 17.4. The molecule has 1 aliphatic heterocycles. The molecular weight excluding hydrogens is 513 g/mol. The number of alkyl halides is 9. The van der Waals surface area contributed by atoms with Crippen molar-refractivity contribution in [2.45, 2.75) is 24.1 Å². The van der Waals surface area contributed by atoms with Crippen LogP contribution in [0.3, 0.4) is 0 Å². The fourth-order valence-electron chi connectivity index (χ4n) is 3.09. The van der Waals surface area contributed by atoms with Crippen LogP contribution in [0.25, 0.3) is 11.5 Å². The Morgan fingerprint density at radius 2 is 1.50 bits per heavy atom. The van der Waals surface area contributed by atoms with Crippen molar-refractivity contribution in [3.63, 3.8) is 0 Å². The Labute approximate surface area is 194 Å². The van der Waals surface area contributed by atoms with Crippen LogP contribution in [0.2, 0.25) is 0 Å². The van der Waals surface area contributed by atoms with Gasteiger partial charge in [-0.15, -0.1) is 0 Å². The molecule has 0 spiro atoms. The lowest BCUT2D eigenvalue weighted by Crippen LogP contribution is -2.69. The Hall–Kier alpha value is -3.76. The molecule has 17 heteroatoms. The predicted molar refractivity (Wildman–Crippen MR) is 104 cm³/mol. The maximum Gasteiger partial charge on any atom is 0.433 e. The number of pyridine rings is 2. The third kappa shape index (κ3) is 5.09. The molecule has 2 N–H and O–H groups in total. The number of nitrogens with one attached hydrogen (secondary N) is 1. The van der Waals surface area contributed by atoms with E-state index in [1.54, 1.807) is 0 Å². The number of hydrogen-bond acceptors (Lipinski definition) is 8. The number of anilines is 3. The molecule has 4 heterocycles. The first-order valence-electron chi connectivity index (χ1n) is 9.70. The Morgan fingerprint density at radius 1 is 0.833 bits per heavy atom. The second-order valence-electron chi connectivity index (χ2n) is 7.63. The second-order valence-corrected chi connectivity index (χ2v) is 7.63. The van der Waals surface area contributed by atoms with Gasteiger partial charge in [0, 0.05) is 11.9 Å². The summed E-state index contributed by atoms with van der Waals surface area (Å²) in [5.74, 6) is -1.50. The van der Waals surface area contributed by atoms with Gasteiger partial charge in [-0.25, -0.2) is 4.98 Å². The standard InChI is InChI=1S/C19H12F9N7O/c20-17(21,22)11-3-1-2-10(31-11)13-32-14(30-9-4-5-29-12(6-9)18(23,24)25)34-15(33-13)35-7-16(36,8-35)19(26,27)28/h1-6,36H,7-8H2,(H,29,30,32,33,34). The molecule has 192 valence electrons. The van der Waals surface area contributed by atoms with Gasteiger partial charge in [-0.3, -0.25) is 4.98 Å². The van der Waals surface area contributed by atoms with Crippen LogP contribution in [0.5, 0.6) is 0 Å². The molecule has 0 saturated carbocycles. The van der Waals surface area contributed by atoms with Gasteiger partial charge in [-0.1, -0.05) is 6.07 Å². The lowest BCUT2D eigenvalue weighted by molar-refractivity contribution is -0.267. The van der Waals surface area contributed by atoms with E-state index >= 15 is 0 Å². The van der Waals surface area contributed by atoms with Gasteiger partial charge < -0.3 is 15.3 Å². The van der Waals surface area contributed by atoms with Crippen molar-refractivity contribution >= 4 is 17.6 Å². The predicted octanol–water partition coefficient (Wildman–Crippen LogP) is 4.22. The van der Waals surface area contributed by atoms with Gasteiger partial charge >= 0.3 is 18.5 Å². The minimum absolute atomic E-state index is 0.229. The molecule has 8 nitrogen and oxygen atoms in total. The SMILES string of the molecule is OC1(C(F)(F)F)CN(c2nc(Nc3ccnc(C(F)(F)F)c3)nc(-c3cccc(C(F)(F)F)n3)n2)C1. The maximum atomic E-state index is 13.1. The molecule has 0 unspecified atom stereocenters. The molecule has 1 saturated heterocycles. The molecule has 36 heavy (non-hydrogen) atoms. The van der Waals surface area contributed by atoms with Crippen molar-refractivity contribution in [3.05, 3.63) is 47.9 Å². The average Bonchev–Trinajstić information content (AvgIpc) is 2.75. The number of halogens is 9. The van der Waals surface area contributed by atoms with Gasteiger partial charge in [0.2, 0.25) is 11.9 Å². The van der Waals surface area contributed by atoms with Crippen LogP contribution in [0.15, 0.2) is 36.5 Å². The van der Waals surface area contributed by atoms with Gasteiger partial charge in [-0.2, -0.15) is 54.5 Å². The number of aromatic nitrogens is 5. The third-order valence-electron chi connectivity index (χ3n) is 4.91. The highest BCUT2D eigenvalue weighted by Crippen LogP contribution is 2.39. The Morgan fingerprint density at radius 3 is 2.11 bits per heavy atom. The molecular formula is C19H12F9N7O. The van der Waals surface area contributed by atoms with E-state index in [0.717, 1.165) is 29.3 Å². The smallest absolute Gasteiger partial charge is 0.378 e. The molecule has 0 bridgehead atoms. The van der Waals surface area contributed by atoms with Gasteiger partial charge in [-0.05, 0) is 24.3 Å². The highest BCUT2D eigenvalue weighted by Gasteiger charge is 2.61. The second kappa shape index (κ2) is 8.42. The lowest BCUT2D eigenvalue weighted by Gasteiger charge is -2.46. The van der Waals surface area contributed by atoms with Crippen LogP contribution in [-0.2, 0) is 12.4 Å². The molecule has 1 fully saturated rings. The summed E-state index contributed by atoms with van der Waals surface area (Å²) in [5.41, 5.74) is -6.33. The first-order valence-corrected chi connectivity index (χ1v) is 9.70. The molecule has 0 radical (unpaired) electrons. The largest absolute Gasteiger partial charge is 0.433 e. The molecule has 3 aromatic heterocycles. The van der Waals surface area contributed by atoms with Crippen molar-refractivity contribution in [2.75, 3.05) is 23.3 Å². The quantitative estimate of drug-likeness (QED) is 0.489. The number of nitrogens with zero attached hydrogens (tertiary/aromatic N) is 6. The fourth-order valence-corrected chi connectivity index (χ4v) is 3.09. The Kier molecular flexibility index (Phi) is 5.93. The van der Waals surface area contributed by atoms with E-state index in [2.05, 4.69) is 30.2 Å². The van der Waals surface area contributed by atoms with Crippen LogP contribution in [0.1, 0.15) is 11.4 Å². The van der Waals surface area contributed by atoms with Crippen molar-refractivity contribution in [1.29, 1.82) is 0 Å². The van der Waals surface area contributed by atoms with Crippen LogP contribution < -0.4 is 10.2 Å². The molecule has 4 rings (SSSR count). The summed E-state index contributed by atoms with van der Waals surface area (Å²) in [4.78, 5) is 19.0. The van der Waals surface area contributed by atoms with E-state index in [0.29, 0.717) is 12.1 Å². The summed E-state index contributed by atoms with van der Waals surface area (Å²) < 4.78 is 117. The van der Waals surface area contributed by atoms with Crippen molar-refractivity contribution in [3.8, 4) is 11.5 Å². The molecule has 3 aromatic rings. The molecule has 1 aliphatic rings. The summed E-state index contributed by atoms with van der Waals surface area (Å²) >= 11 is 0. The lowest BCUT2D eigenvalue weighted by atomic mass is 9.94. The van der Waals surface area contributed by atoms with E-state index in [4.69, 9.17) is 0 Å². The minimum Gasteiger partial charge on any atom is -0.378 e. The highest BCUT2D eigenvalue weighted by atomic mass is 19.4.